The van der Waals surface area contributed by atoms with Crippen molar-refractivity contribution >= 4 is 5.91 Å². The van der Waals surface area contributed by atoms with Gasteiger partial charge in [-0.1, -0.05) is 12.1 Å². The van der Waals surface area contributed by atoms with E-state index >= 15 is 0 Å². The Morgan fingerprint density at radius 1 is 1.40 bits per heavy atom. The van der Waals surface area contributed by atoms with Crippen LogP contribution in [0.2, 0.25) is 0 Å². The minimum Gasteiger partial charge on any atom is -0.483 e. The van der Waals surface area contributed by atoms with Gasteiger partial charge in [-0.15, -0.1) is 0 Å². The number of benzene rings is 1. The van der Waals surface area contributed by atoms with E-state index in [-0.39, 0.29) is 12.5 Å². The maximum Gasteiger partial charge on any atom is 0.281 e. The maximum atomic E-state index is 11.1. The number of ether oxygens (including phenoxy) is 1. The van der Waals surface area contributed by atoms with Crippen molar-refractivity contribution in [2.75, 3.05) is 13.7 Å². The van der Waals surface area contributed by atoms with Crippen LogP contribution in [0.25, 0.3) is 0 Å². The van der Waals surface area contributed by atoms with Gasteiger partial charge in [-0.25, -0.2) is 5.48 Å². The molecule has 1 amide bonds. The predicted molar refractivity (Wildman–Crippen MR) is 56.6 cm³/mol. The molecule has 0 heterocycles. The number of nitrogens with one attached hydrogen (secondary N) is 1. The first-order valence-electron chi connectivity index (χ1n) is 4.65. The molecule has 0 unspecified atom stereocenters. The summed E-state index contributed by atoms with van der Waals surface area (Å²) in [5, 5.41) is 0. The Bertz CT molecular complexity index is 350. The molecule has 82 valence electrons. The molecule has 1 N–H and O–H groups in total. The quantitative estimate of drug-likeness (QED) is 0.762. The fourth-order valence-electron chi connectivity index (χ4n) is 1.15. The summed E-state index contributed by atoms with van der Waals surface area (Å²) < 4.78 is 5.34. The number of aryl methyl sites for hydroxylation is 2. The van der Waals surface area contributed by atoms with Gasteiger partial charge in [0.15, 0.2) is 6.61 Å². The second kappa shape index (κ2) is 5.36. The van der Waals surface area contributed by atoms with Gasteiger partial charge in [-0.3, -0.25) is 9.63 Å². The molecule has 0 bridgehead atoms. The van der Waals surface area contributed by atoms with Gasteiger partial charge in [-0.05, 0) is 31.0 Å². The van der Waals surface area contributed by atoms with Gasteiger partial charge >= 0.3 is 0 Å². The Labute approximate surface area is 89.1 Å². The smallest absolute Gasteiger partial charge is 0.281 e. The lowest BCUT2D eigenvalue weighted by Gasteiger charge is -2.09. The first-order chi connectivity index (χ1) is 7.13. The largest absolute Gasteiger partial charge is 0.483 e. The Kier molecular flexibility index (Phi) is 4.12. The number of carbonyl (C=O) groups excluding carboxylic acids is 1. The normalized spacial score (nSPS) is 9.80. The molecule has 15 heavy (non-hydrogen) atoms. The molecule has 4 heteroatoms. The van der Waals surface area contributed by atoms with Crippen LogP contribution in [-0.2, 0) is 9.63 Å². The summed E-state index contributed by atoms with van der Waals surface area (Å²) in [5.74, 6) is 0.416. The van der Waals surface area contributed by atoms with E-state index in [1.165, 1.54) is 7.11 Å². The molecule has 0 aliphatic heterocycles. The van der Waals surface area contributed by atoms with Crippen LogP contribution in [0.1, 0.15) is 11.1 Å². The van der Waals surface area contributed by atoms with Crippen LogP contribution in [0, 0.1) is 13.8 Å². The summed E-state index contributed by atoms with van der Waals surface area (Å²) in [7, 11) is 1.38. The van der Waals surface area contributed by atoms with Crippen molar-refractivity contribution in [3.63, 3.8) is 0 Å². The van der Waals surface area contributed by atoms with Gasteiger partial charge in [0, 0.05) is 0 Å². The van der Waals surface area contributed by atoms with Gasteiger partial charge in [0.25, 0.3) is 5.91 Å². The van der Waals surface area contributed by atoms with Gasteiger partial charge in [-0.2, -0.15) is 0 Å². The first kappa shape index (κ1) is 11.5. The summed E-state index contributed by atoms with van der Waals surface area (Å²) in [6.45, 7) is 3.86. The molecule has 0 fully saturated rings. The van der Waals surface area contributed by atoms with E-state index in [0.717, 1.165) is 16.9 Å². The van der Waals surface area contributed by atoms with Crippen molar-refractivity contribution in [1.29, 1.82) is 0 Å². The van der Waals surface area contributed by atoms with Crippen molar-refractivity contribution in [1.82, 2.24) is 5.48 Å². The Morgan fingerprint density at radius 3 is 2.80 bits per heavy atom. The van der Waals surface area contributed by atoms with Gasteiger partial charge in [0.2, 0.25) is 0 Å². The van der Waals surface area contributed by atoms with E-state index in [0.29, 0.717) is 0 Å². The van der Waals surface area contributed by atoms with Crippen LogP contribution in [-0.4, -0.2) is 19.6 Å². The number of carbonyl (C=O) groups is 1. The predicted octanol–water partition coefficient (Wildman–Crippen LogP) is 1.36. The number of hydrogen-bond acceptors (Lipinski definition) is 3. The third kappa shape index (κ3) is 3.59. The second-order valence-corrected chi connectivity index (χ2v) is 3.29. The topological polar surface area (TPSA) is 47.6 Å². The standard InChI is InChI=1S/C11H15NO3/c1-8-4-5-9(2)10(6-8)15-7-11(13)12-14-3/h4-6H,7H2,1-3H3,(H,12,13). The summed E-state index contributed by atoms with van der Waals surface area (Å²) in [6, 6.07) is 5.85. The number of hydroxylamine groups is 1. The third-order valence-corrected chi connectivity index (χ3v) is 1.92. The van der Waals surface area contributed by atoms with Gasteiger partial charge < -0.3 is 4.74 Å². The van der Waals surface area contributed by atoms with E-state index < -0.39 is 0 Å². The van der Waals surface area contributed by atoms with E-state index in [4.69, 9.17) is 4.74 Å². The zero-order chi connectivity index (χ0) is 11.3. The summed E-state index contributed by atoms with van der Waals surface area (Å²) in [6.07, 6.45) is 0. The van der Waals surface area contributed by atoms with Crippen LogP contribution < -0.4 is 10.2 Å². The highest BCUT2D eigenvalue weighted by molar-refractivity contribution is 5.76. The SMILES string of the molecule is CONC(=O)COc1cc(C)ccc1C. The van der Waals surface area contributed by atoms with Crippen LogP contribution in [0.3, 0.4) is 0 Å². The molecule has 1 aromatic carbocycles. The third-order valence-electron chi connectivity index (χ3n) is 1.92. The molecule has 0 spiro atoms. The maximum absolute atomic E-state index is 11.1. The lowest BCUT2D eigenvalue weighted by Crippen LogP contribution is -2.27. The van der Waals surface area contributed by atoms with E-state index in [9.17, 15) is 4.79 Å². The zero-order valence-corrected chi connectivity index (χ0v) is 9.16. The highest BCUT2D eigenvalue weighted by Gasteiger charge is 2.04. The van der Waals surface area contributed by atoms with Gasteiger partial charge in [0.05, 0.1) is 7.11 Å². The van der Waals surface area contributed by atoms with Crippen molar-refractivity contribution in [3.05, 3.63) is 29.3 Å². The lowest BCUT2D eigenvalue weighted by molar-refractivity contribution is -0.133. The minimum absolute atomic E-state index is 0.0435. The van der Waals surface area contributed by atoms with Crippen molar-refractivity contribution in [3.8, 4) is 5.75 Å². The van der Waals surface area contributed by atoms with E-state index in [1.54, 1.807) is 0 Å². The first-order valence-corrected chi connectivity index (χ1v) is 4.65. The molecule has 1 rings (SSSR count). The molecule has 0 radical (unpaired) electrons. The lowest BCUT2D eigenvalue weighted by atomic mass is 10.1. The molecule has 0 saturated heterocycles. The molecule has 4 nitrogen and oxygen atoms in total. The van der Waals surface area contributed by atoms with Gasteiger partial charge in [0.1, 0.15) is 5.75 Å². The van der Waals surface area contributed by atoms with E-state index in [2.05, 4.69) is 10.3 Å². The molecule has 0 atom stereocenters. The summed E-state index contributed by atoms with van der Waals surface area (Å²) in [4.78, 5) is 15.5. The fourth-order valence-corrected chi connectivity index (χ4v) is 1.15. The van der Waals surface area contributed by atoms with Crippen LogP contribution >= 0.6 is 0 Å². The molecule has 0 aromatic heterocycles. The van der Waals surface area contributed by atoms with Crippen LogP contribution in [0.15, 0.2) is 18.2 Å². The summed E-state index contributed by atoms with van der Waals surface area (Å²) in [5.41, 5.74) is 4.29. The summed E-state index contributed by atoms with van der Waals surface area (Å²) >= 11 is 0. The van der Waals surface area contributed by atoms with Crippen LogP contribution in [0.4, 0.5) is 0 Å². The monoisotopic (exact) mass is 209 g/mol. The molecular formula is C11H15NO3. The fraction of sp³-hybridized carbons (Fsp3) is 0.364. The molecule has 0 aliphatic rings. The van der Waals surface area contributed by atoms with Crippen molar-refractivity contribution < 1.29 is 14.4 Å². The van der Waals surface area contributed by atoms with Crippen molar-refractivity contribution in [2.24, 2.45) is 0 Å². The Hall–Kier alpha value is -1.55. The number of rotatable bonds is 4. The number of amides is 1. The average Bonchev–Trinajstić information content (AvgIpc) is 2.20. The van der Waals surface area contributed by atoms with Crippen LogP contribution in [0.5, 0.6) is 5.75 Å². The molecule has 0 saturated carbocycles. The zero-order valence-electron chi connectivity index (χ0n) is 9.16. The number of hydrogen-bond donors (Lipinski definition) is 1. The molecule has 0 aliphatic carbocycles. The second-order valence-electron chi connectivity index (χ2n) is 3.29. The average molecular weight is 209 g/mol. The molecule has 1 aromatic rings. The Balaban J connectivity index is 2.57. The Morgan fingerprint density at radius 2 is 2.13 bits per heavy atom. The highest BCUT2D eigenvalue weighted by Crippen LogP contribution is 2.18. The van der Waals surface area contributed by atoms with E-state index in [1.807, 2.05) is 32.0 Å². The van der Waals surface area contributed by atoms with Crippen molar-refractivity contribution in [2.45, 2.75) is 13.8 Å². The minimum atomic E-state index is -0.307. The molecular weight excluding hydrogens is 194 g/mol. The highest BCUT2D eigenvalue weighted by atomic mass is 16.6.